The van der Waals surface area contributed by atoms with Crippen LogP contribution >= 0.6 is 0 Å². The van der Waals surface area contributed by atoms with Crippen molar-refractivity contribution >= 4 is 27.5 Å². The maximum absolute atomic E-state index is 5.00. The normalized spacial score (nSPS) is 17.2. The van der Waals surface area contributed by atoms with Crippen LogP contribution in [0.2, 0.25) is 0 Å². The van der Waals surface area contributed by atoms with E-state index in [1.165, 1.54) is 66.3 Å². The molecule has 0 fully saturated rings. The minimum absolute atomic E-state index is 1.12. The minimum Gasteiger partial charge on any atom is -0.371 e. The van der Waals surface area contributed by atoms with Crippen LogP contribution in [0.25, 0.3) is 21.8 Å². The lowest BCUT2D eigenvalue weighted by molar-refractivity contribution is 0.636. The Labute approximate surface area is 124 Å². The Bertz CT molecular complexity index is 864. The van der Waals surface area contributed by atoms with Gasteiger partial charge in [0, 0.05) is 35.1 Å². The first-order chi connectivity index (χ1) is 10.4. The smallest absolute Gasteiger partial charge is 0.0762 e. The van der Waals surface area contributed by atoms with E-state index in [0.717, 1.165) is 5.52 Å². The van der Waals surface area contributed by atoms with E-state index in [-0.39, 0.29) is 0 Å². The molecule has 2 aliphatic rings. The quantitative estimate of drug-likeness (QED) is 0.574. The van der Waals surface area contributed by atoms with E-state index in [4.69, 9.17) is 4.98 Å². The Balaban J connectivity index is 1.91. The summed E-state index contributed by atoms with van der Waals surface area (Å²) in [6.45, 7) is 2.44. The average molecular weight is 274 g/mol. The molecule has 0 saturated carbocycles. The zero-order valence-corrected chi connectivity index (χ0v) is 12.1. The van der Waals surface area contributed by atoms with Gasteiger partial charge in [0.05, 0.1) is 11.0 Å². The number of pyridine rings is 1. The monoisotopic (exact) mass is 274 g/mol. The fraction of sp³-hybridized carbons (Fsp3) is 0.316. The molecule has 21 heavy (non-hydrogen) atoms. The highest BCUT2D eigenvalue weighted by molar-refractivity contribution is 5.97. The third kappa shape index (κ3) is 1.62. The maximum atomic E-state index is 5.00. The fourth-order valence-corrected chi connectivity index (χ4v) is 4.11. The molecular weight excluding hydrogens is 256 g/mol. The highest BCUT2D eigenvalue weighted by Crippen LogP contribution is 2.39. The van der Waals surface area contributed by atoms with E-state index in [1.807, 2.05) is 0 Å². The molecule has 2 aliphatic heterocycles. The molecule has 0 N–H and O–H groups in total. The molecule has 0 bridgehead atoms. The van der Waals surface area contributed by atoms with Gasteiger partial charge in [0.25, 0.3) is 0 Å². The van der Waals surface area contributed by atoms with Crippen LogP contribution in [-0.2, 0) is 12.8 Å². The summed E-state index contributed by atoms with van der Waals surface area (Å²) in [5.41, 5.74) is 6.91. The molecule has 3 aromatic rings. The largest absolute Gasteiger partial charge is 0.371 e. The molecule has 0 aliphatic carbocycles. The van der Waals surface area contributed by atoms with Gasteiger partial charge in [-0.25, -0.2) is 4.98 Å². The standard InChI is InChI=1S/C19H18N2/c1-2-8-17-13(5-1)11-15-12-14-6-3-9-21-10-4-7-16(19(14)21)18(15)20-17/h1-2,5,8,11-12H,3-4,6-7,9-10H2. The van der Waals surface area contributed by atoms with Gasteiger partial charge >= 0.3 is 0 Å². The van der Waals surface area contributed by atoms with E-state index < -0.39 is 0 Å². The molecule has 0 saturated heterocycles. The minimum atomic E-state index is 1.12. The van der Waals surface area contributed by atoms with Crippen molar-refractivity contribution in [3.63, 3.8) is 0 Å². The molecule has 2 nitrogen and oxygen atoms in total. The number of fused-ring (bicyclic) bond motifs is 3. The summed E-state index contributed by atoms with van der Waals surface area (Å²) >= 11 is 0. The van der Waals surface area contributed by atoms with Gasteiger partial charge < -0.3 is 4.90 Å². The Morgan fingerprint density at radius 2 is 1.76 bits per heavy atom. The van der Waals surface area contributed by atoms with Gasteiger partial charge in [-0.15, -0.1) is 0 Å². The number of rotatable bonds is 0. The van der Waals surface area contributed by atoms with Crippen molar-refractivity contribution in [3.8, 4) is 0 Å². The van der Waals surface area contributed by atoms with Crippen molar-refractivity contribution < 1.29 is 0 Å². The molecule has 0 unspecified atom stereocenters. The SMILES string of the molecule is c1ccc2nc3c4c5c(cc3cc2c1)CCCN5CCC4. The van der Waals surface area contributed by atoms with Crippen molar-refractivity contribution in [1.82, 2.24) is 4.98 Å². The van der Waals surface area contributed by atoms with Crippen LogP contribution < -0.4 is 4.90 Å². The molecule has 2 heteroatoms. The summed E-state index contributed by atoms with van der Waals surface area (Å²) in [5.74, 6) is 0. The van der Waals surface area contributed by atoms with E-state index >= 15 is 0 Å². The summed E-state index contributed by atoms with van der Waals surface area (Å²) in [5, 5.41) is 2.58. The second-order valence-corrected chi connectivity index (χ2v) is 6.31. The van der Waals surface area contributed by atoms with Crippen molar-refractivity contribution in [3.05, 3.63) is 47.5 Å². The van der Waals surface area contributed by atoms with E-state index in [0.29, 0.717) is 0 Å². The van der Waals surface area contributed by atoms with Gasteiger partial charge in [-0.3, -0.25) is 0 Å². The van der Waals surface area contributed by atoms with Crippen LogP contribution in [0.5, 0.6) is 0 Å². The zero-order valence-electron chi connectivity index (χ0n) is 12.1. The number of hydrogen-bond acceptors (Lipinski definition) is 2. The van der Waals surface area contributed by atoms with Crippen molar-refractivity contribution in [1.29, 1.82) is 0 Å². The summed E-state index contributed by atoms with van der Waals surface area (Å²) in [6.07, 6.45) is 4.96. The summed E-state index contributed by atoms with van der Waals surface area (Å²) < 4.78 is 0. The number of aromatic nitrogens is 1. The second-order valence-electron chi connectivity index (χ2n) is 6.31. The summed E-state index contributed by atoms with van der Waals surface area (Å²) in [7, 11) is 0. The van der Waals surface area contributed by atoms with Crippen molar-refractivity contribution in [2.24, 2.45) is 0 Å². The molecule has 0 amide bonds. The maximum Gasteiger partial charge on any atom is 0.0762 e. The highest BCUT2D eigenvalue weighted by Gasteiger charge is 2.26. The molecule has 0 atom stereocenters. The lowest BCUT2D eigenvalue weighted by Gasteiger charge is -2.37. The third-order valence-electron chi connectivity index (χ3n) is 5.00. The van der Waals surface area contributed by atoms with Crippen LogP contribution in [0.4, 0.5) is 5.69 Å². The molecule has 0 radical (unpaired) electrons. The van der Waals surface area contributed by atoms with Gasteiger partial charge in [-0.05, 0) is 49.4 Å². The molecule has 5 rings (SSSR count). The fourth-order valence-electron chi connectivity index (χ4n) is 4.11. The van der Waals surface area contributed by atoms with Gasteiger partial charge in [0.15, 0.2) is 0 Å². The number of nitrogens with zero attached hydrogens (tertiary/aromatic N) is 2. The number of hydrogen-bond donors (Lipinski definition) is 0. The average Bonchev–Trinajstić information content (AvgIpc) is 2.54. The lowest BCUT2D eigenvalue weighted by Crippen LogP contribution is -2.34. The first-order valence-electron chi connectivity index (χ1n) is 7.99. The molecule has 104 valence electrons. The van der Waals surface area contributed by atoms with Crippen molar-refractivity contribution in [2.45, 2.75) is 25.7 Å². The molecule has 3 heterocycles. The van der Waals surface area contributed by atoms with E-state index in [9.17, 15) is 0 Å². The Kier molecular flexibility index (Phi) is 2.31. The van der Waals surface area contributed by atoms with E-state index in [2.05, 4.69) is 41.3 Å². The Morgan fingerprint density at radius 3 is 2.71 bits per heavy atom. The number of benzene rings is 2. The number of para-hydroxylation sites is 1. The molecule has 2 aromatic carbocycles. The lowest BCUT2D eigenvalue weighted by atomic mass is 9.89. The first kappa shape index (κ1) is 11.6. The van der Waals surface area contributed by atoms with Crippen LogP contribution in [-0.4, -0.2) is 18.1 Å². The van der Waals surface area contributed by atoms with Gasteiger partial charge in [0.2, 0.25) is 0 Å². The van der Waals surface area contributed by atoms with Crippen LogP contribution in [0.1, 0.15) is 24.0 Å². The van der Waals surface area contributed by atoms with Gasteiger partial charge in [0.1, 0.15) is 0 Å². The predicted molar refractivity (Wildman–Crippen MR) is 88.1 cm³/mol. The molecule has 1 aromatic heterocycles. The number of anilines is 1. The molecule has 0 spiro atoms. The zero-order chi connectivity index (χ0) is 13.8. The van der Waals surface area contributed by atoms with Crippen molar-refractivity contribution in [2.75, 3.05) is 18.0 Å². The second kappa shape index (κ2) is 4.20. The van der Waals surface area contributed by atoms with Crippen LogP contribution in [0.3, 0.4) is 0 Å². The molecular formula is C19H18N2. The third-order valence-corrected chi connectivity index (χ3v) is 5.00. The predicted octanol–water partition coefficient (Wildman–Crippen LogP) is 4.09. The Hall–Kier alpha value is -2.09. The van der Waals surface area contributed by atoms with Crippen LogP contribution in [0.15, 0.2) is 36.4 Å². The van der Waals surface area contributed by atoms with Gasteiger partial charge in [-0.2, -0.15) is 0 Å². The first-order valence-corrected chi connectivity index (χ1v) is 7.99. The summed E-state index contributed by atoms with van der Waals surface area (Å²) in [4.78, 5) is 7.59. The van der Waals surface area contributed by atoms with E-state index in [1.54, 1.807) is 5.56 Å². The highest BCUT2D eigenvalue weighted by atomic mass is 15.1. The topological polar surface area (TPSA) is 16.1 Å². The number of aryl methyl sites for hydroxylation is 2. The Morgan fingerprint density at radius 1 is 0.905 bits per heavy atom. The summed E-state index contributed by atoms with van der Waals surface area (Å²) in [6, 6.07) is 13.2. The van der Waals surface area contributed by atoms with Gasteiger partial charge in [-0.1, -0.05) is 18.2 Å². The van der Waals surface area contributed by atoms with Crippen LogP contribution in [0, 0.1) is 0 Å².